The van der Waals surface area contributed by atoms with Crippen LogP contribution in [0.1, 0.15) is 11.1 Å². The number of aromatic nitrogens is 2. The average Bonchev–Trinajstić information content (AvgIpc) is 4.11. The number of rotatable bonds is 12. The van der Waals surface area contributed by atoms with Crippen molar-refractivity contribution in [3.63, 3.8) is 0 Å². The number of ether oxygens (including phenoxy) is 4. The Morgan fingerprint density at radius 2 is 0.812 bits per heavy atom. The molecular weight excluding hydrogens is 870 g/mol. The standard InChI is InChI=1S/C52H33F3N2O4S3/c1-32-16-8-12-24-38(32)60-39-25-13-9-21-35(39)42-28-30-44(62-42)46-48-49(57-64-56-48)47(51(59-34-19-6-3-7-20-34)50(46)58-33-17-4-2-5-18-33)45-31-29-43(63-45)36-22-10-14-26-40(36)61-41-27-15-11-23-37(41)52(53,54)55/h2-31H,1H3. The number of hydrogen-bond acceptors (Lipinski definition) is 9. The molecule has 12 heteroatoms. The van der Waals surface area contributed by atoms with Gasteiger partial charge >= 0.3 is 6.18 Å². The Morgan fingerprint density at radius 3 is 1.31 bits per heavy atom. The summed E-state index contributed by atoms with van der Waals surface area (Å²) in [5, 5.41) is 0. The maximum Gasteiger partial charge on any atom is 0.419 e. The third kappa shape index (κ3) is 8.22. The second kappa shape index (κ2) is 17.5. The second-order valence-corrected chi connectivity index (χ2v) is 17.2. The van der Waals surface area contributed by atoms with Crippen molar-refractivity contribution in [2.45, 2.75) is 13.1 Å². The predicted octanol–water partition coefficient (Wildman–Crippen LogP) is 17.0. The van der Waals surface area contributed by atoms with Gasteiger partial charge in [-0.1, -0.05) is 91.0 Å². The molecule has 0 atom stereocenters. The third-order valence-corrected chi connectivity index (χ3v) is 13.1. The van der Waals surface area contributed by atoms with Crippen molar-refractivity contribution in [3.05, 3.63) is 193 Å². The summed E-state index contributed by atoms with van der Waals surface area (Å²) in [6, 6.07) is 55.1. The quantitative estimate of drug-likeness (QED) is 0.122. The lowest BCUT2D eigenvalue weighted by Crippen LogP contribution is -2.06. The summed E-state index contributed by atoms with van der Waals surface area (Å²) in [5.74, 6) is 3.50. The number of para-hydroxylation sites is 6. The first-order valence-electron chi connectivity index (χ1n) is 20.0. The molecule has 3 aromatic heterocycles. The van der Waals surface area contributed by atoms with E-state index in [4.69, 9.17) is 27.7 Å². The molecular formula is C52H33F3N2O4S3. The first-order valence-corrected chi connectivity index (χ1v) is 22.4. The van der Waals surface area contributed by atoms with Crippen molar-refractivity contribution in [2.75, 3.05) is 0 Å². The van der Waals surface area contributed by atoms with Gasteiger partial charge in [0.2, 0.25) is 0 Å². The van der Waals surface area contributed by atoms with Crippen LogP contribution in [-0.2, 0) is 6.18 Å². The minimum absolute atomic E-state index is 0.275. The van der Waals surface area contributed by atoms with Gasteiger partial charge in [-0.25, -0.2) is 0 Å². The minimum Gasteiger partial charge on any atom is -0.456 e. The Labute approximate surface area is 378 Å². The van der Waals surface area contributed by atoms with Crippen molar-refractivity contribution < 1.29 is 32.1 Å². The molecule has 0 bridgehead atoms. The summed E-state index contributed by atoms with van der Waals surface area (Å²) in [6.07, 6.45) is -4.60. The normalized spacial score (nSPS) is 11.4. The summed E-state index contributed by atoms with van der Waals surface area (Å²) in [5.41, 5.74) is 4.27. The molecule has 314 valence electrons. The van der Waals surface area contributed by atoms with Gasteiger partial charge in [0.25, 0.3) is 0 Å². The van der Waals surface area contributed by atoms with Gasteiger partial charge in [-0.2, -0.15) is 21.9 Å². The van der Waals surface area contributed by atoms with Crippen molar-refractivity contribution >= 4 is 45.4 Å². The van der Waals surface area contributed by atoms with Crippen LogP contribution in [0.2, 0.25) is 0 Å². The van der Waals surface area contributed by atoms with Crippen molar-refractivity contribution in [3.8, 4) is 87.8 Å². The van der Waals surface area contributed by atoms with Crippen LogP contribution < -0.4 is 18.9 Å². The van der Waals surface area contributed by atoms with Gasteiger partial charge in [0, 0.05) is 30.6 Å². The minimum atomic E-state index is -4.60. The van der Waals surface area contributed by atoms with Crippen LogP contribution in [0.4, 0.5) is 13.2 Å². The SMILES string of the molecule is Cc1ccccc1Oc1ccccc1-c1ccc(-c2c(Oc3ccccc3)c(Oc3ccccc3)c(-c3ccc(-c4ccccc4Oc4ccccc4C(F)(F)F)s3)c3nsnc23)s1. The first-order chi connectivity index (χ1) is 31.3. The number of benzene rings is 7. The molecule has 0 aliphatic carbocycles. The van der Waals surface area contributed by atoms with Crippen LogP contribution in [-0.4, -0.2) is 8.75 Å². The lowest BCUT2D eigenvalue weighted by molar-refractivity contribution is -0.138. The first kappa shape index (κ1) is 40.8. The zero-order chi connectivity index (χ0) is 43.6. The Hall–Kier alpha value is -7.25. The van der Waals surface area contributed by atoms with Gasteiger partial charge in [-0.05, 0) is 103 Å². The number of hydrogen-bond donors (Lipinski definition) is 0. The molecule has 10 rings (SSSR count). The van der Waals surface area contributed by atoms with Crippen LogP contribution in [0.3, 0.4) is 0 Å². The van der Waals surface area contributed by atoms with Crippen LogP contribution in [0.5, 0.6) is 46.0 Å². The van der Waals surface area contributed by atoms with Gasteiger partial charge in [0.15, 0.2) is 11.5 Å². The van der Waals surface area contributed by atoms with E-state index in [0.717, 1.165) is 59.9 Å². The van der Waals surface area contributed by atoms with E-state index >= 15 is 0 Å². The van der Waals surface area contributed by atoms with E-state index < -0.39 is 11.7 Å². The molecule has 10 aromatic rings. The van der Waals surface area contributed by atoms with Gasteiger partial charge < -0.3 is 18.9 Å². The maximum absolute atomic E-state index is 14.0. The fraction of sp³-hybridized carbons (Fsp3) is 0.0385. The van der Waals surface area contributed by atoms with Gasteiger partial charge in [0.05, 0.1) is 28.4 Å². The van der Waals surface area contributed by atoms with Crippen molar-refractivity contribution in [1.29, 1.82) is 0 Å². The van der Waals surface area contributed by atoms with E-state index in [-0.39, 0.29) is 11.5 Å². The van der Waals surface area contributed by atoms with Crippen LogP contribution in [0.15, 0.2) is 182 Å². The molecule has 0 spiro atoms. The number of alkyl halides is 3. The molecule has 6 nitrogen and oxygen atoms in total. The highest BCUT2D eigenvalue weighted by atomic mass is 32.1. The Morgan fingerprint density at radius 1 is 0.406 bits per heavy atom. The van der Waals surface area contributed by atoms with E-state index in [0.29, 0.717) is 50.7 Å². The fourth-order valence-electron chi connectivity index (χ4n) is 7.27. The molecule has 7 aromatic carbocycles. The van der Waals surface area contributed by atoms with E-state index in [1.807, 2.05) is 140 Å². The number of thiophene rings is 2. The highest BCUT2D eigenvalue weighted by Gasteiger charge is 2.35. The number of halogens is 3. The van der Waals surface area contributed by atoms with Crippen LogP contribution in [0, 0.1) is 6.92 Å². The number of nitrogens with zero attached hydrogens (tertiary/aromatic N) is 2. The molecule has 0 fully saturated rings. The van der Waals surface area contributed by atoms with Crippen LogP contribution >= 0.6 is 34.4 Å². The van der Waals surface area contributed by atoms with Crippen molar-refractivity contribution in [2.24, 2.45) is 0 Å². The maximum atomic E-state index is 14.0. The summed E-state index contributed by atoms with van der Waals surface area (Å²) in [4.78, 5) is 3.35. The highest BCUT2D eigenvalue weighted by molar-refractivity contribution is 7.19. The molecule has 0 saturated carbocycles. The predicted molar refractivity (Wildman–Crippen MR) is 251 cm³/mol. The lowest BCUT2D eigenvalue weighted by atomic mass is 10.0. The van der Waals surface area contributed by atoms with E-state index in [1.54, 1.807) is 23.5 Å². The molecule has 0 radical (unpaired) electrons. The molecule has 64 heavy (non-hydrogen) atoms. The largest absolute Gasteiger partial charge is 0.456 e. The molecule has 0 unspecified atom stereocenters. The summed E-state index contributed by atoms with van der Waals surface area (Å²) in [6.45, 7) is 2.02. The summed E-state index contributed by atoms with van der Waals surface area (Å²) < 4.78 is 78.3. The Kier molecular flexibility index (Phi) is 11.1. The van der Waals surface area contributed by atoms with Gasteiger partial charge in [-0.3, -0.25) is 0 Å². The topological polar surface area (TPSA) is 62.7 Å². The monoisotopic (exact) mass is 902 g/mol. The average molecular weight is 903 g/mol. The molecule has 0 amide bonds. The molecule has 3 heterocycles. The van der Waals surface area contributed by atoms with Gasteiger partial charge in [0.1, 0.15) is 45.5 Å². The molecule has 0 aliphatic heterocycles. The van der Waals surface area contributed by atoms with E-state index in [9.17, 15) is 13.2 Å². The van der Waals surface area contributed by atoms with E-state index in [2.05, 4.69) is 12.1 Å². The number of fused-ring (bicyclic) bond motifs is 1. The molecule has 0 aliphatic rings. The second-order valence-electron chi connectivity index (χ2n) is 14.5. The number of aryl methyl sites for hydroxylation is 1. The van der Waals surface area contributed by atoms with Crippen molar-refractivity contribution in [1.82, 2.24) is 8.75 Å². The third-order valence-electron chi connectivity index (χ3n) is 10.3. The highest BCUT2D eigenvalue weighted by Crippen LogP contribution is 2.56. The molecule has 0 saturated heterocycles. The fourth-order valence-corrected chi connectivity index (χ4v) is 9.99. The summed E-state index contributed by atoms with van der Waals surface area (Å²) in [7, 11) is 0. The van der Waals surface area contributed by atoms with Crippen LogP contribution in [0.25, 0.3) is 52.8 Å². The summed E-state index contributed by atoms with van der Waals surface area (Å²) >= 11 is 4.08. The molecule has 0 N–H and O–H groups in total. The van der Waals surface area contributed by atoms with E-state index in [1.165, 1.54) is 29.5 Å². The zero-order valence-corrected chi connectivity index (χ0v) is 36.2. The Bertz CT molecular complexity index is 3260. The Balaban J connectivity index is 1.14. The zero-order valence-electron chi connectivity index (χ0n) is 33.7. The lowest BCUT2D eigenvalue weighted by Gasteiger charge is -2.19. The smallest absolute Gasteiger partial charge is 0.419 e. The van der Waals surface area contributed by atoms with Gasteiger partial charge in [-0.15, -0.1) is 22.7 Å².